The summed E-state index contributed by atoms with van der Waals surface area (Å²) in [5.41, 5.74) is -0.200. The van der Waals surface area contributed by atoms with Crippen LogP contribution in [-0.4, -0.2) is 52.3 Å². The van der Waals surface area contributed by atoms with Crippen molar-refractivity contribution in [3.8, 4) is 0 Å². The molecule has 0 saturated carbocycles. The van der Waals surface area contributed by atoms with E-state index in [-0.39, 0.29) is 11.6 Å². The standard InChI is InChI=1S/C16H28N4O2/c1-4-16(3)13-20(11-12-22-16)15(21)18-7-5-6-9-19-10-8-17-14(19)2/h8,10H,4-7,9,11-13H2,1-3H3,(H,18,21)/t16-/m1/s1. The molecule has 2 heterocycles. The molecular formula is C16H28N4O2. The number of nitrogens with one attached hydrogen (secondary N) is 1. The topological polar surface area (TPSA) is 59.4 Å². The maximum Gasteiger partial charge on any atom is 0.317 e. The highest BCUT2D eigenvalue weighted by molar-refractivity contribution is 5.74. The second kappa shape index (κ2) is 7.63. The Bertz CT molecular complexity index is 488. The van der Waals surface area contributed by atoms with Crippen LogP contribution in [0.25, 0.3) is 0 Å². The molecule has 0 unspecified atom stereocenters. The number of rotatable bonds is 6. The number of urea groups is 1. The highest BCUT2D eigenvalue weighted by Crippen LogP contribution is 2.20. The number of carbonyl (C=O) groups excluding carboxylic acids is 1. The molecule has 0 aliphatic carbocycles. The second-order valence-electron chi connectivity index (χ2n) is 6.18. The van der Waals surface area contributed by atoms with Crippen LogP contribution in [0.3, 0.4) is 0 Å². The van der Waals surface area contributed by atoms with Gasteiger partial charge in [0, 0.05) is 32.0 Å². The lowest BCUT2D eigenvalue weighted by atomic mass is 10.0. The molecule has 1 N–H and O–H groups in total. The van der Waals surface area contributed by atoms with Crippen LogP contribution in [0.5, 0.6) is 0 Å². The molecule has 2 rings (SSSR count). The summed E-state index contributed by atoms with van der Waals surface area (Å²) in [6, 6.07) is 0.0294. The predicted molar refractivity (Wildman–Crippen MR) is 85.8 cm³/mol. The smallest absolute Gasteiger partial charge is 0.317 e. The molecule has 0 radical (unpaired) electrons. The quantitative estimate of drug-likeness (QED) is 0.820. The van der Waals surface area contributed by atoms with E-state index in [0.717, 1.165) is 31.6 Å². The van der Waals surface area contributed by atoms with Crippen LogP contribution in [0.4, 0.5) is 4.79 Å². The Morgan fingerprint density at radius 2 is 2.32 bits per heavy atom. The van der Waals surface area contributed by atoms with Crippen molar-refractivity contribution in [2.75, 3.05) is 26.2 Å². The van der Waals surface area contributed by atoms with Crippen LogP contribution in [0.1, 0.15) is 38.9 Å². The molecule has 6 heteroatoms. The normalized spacial score (nSPS) is 21.9. The van der Waals surface area contributed by atoms with Crippen LogP contribution < -0.4 is 5.32 Å². The Morgan fingerprint density at radius 3 is 3.00 bits per heavy atom. The van der Waals surface area contributed by atoms with E-state index >= 15 is 0 Å². The monoisotopic (exact) mass is 308 g/mol. The maximum absolute atomic E-state index is 12.2. The third-order valence-electron chi connectivity index (χ3n) is 4.40. The van der Waals surface area contributed by atoms with E-state index in [1.807, 2.05) is 24.2 Å². The van der Waals surface area contributed by atoms with Gasteiger partial charge in [0.2, 0.25) is 0 Å². The lowest BCUT2D eigenvalue weighted by Crippen LogP contribution is -2.54. The fourth-order valence-electron chi connectivity index (χ4n) is 2.67. The van der Waals surface area contributed by atoms with E-state index in [4.69, 9.17) is 4.74 Å². The molecule has 0 spiro atoms. The molecule has 1 aromatic rings. The van der Waals surface area contributed by atoms with Gasteiger partial charge in [0.25, 0.3) is 0 Å². The van der Waals surface area contributed by atoms with E-state index in [2.05, 4.69) is 28.7 Å². The zero-order valence-electron chi connectivity index (χ0n) is 14.0. The molecule has 1 atom stereocenters. The van der Waals surface area contributed by atoms with Crippen molar-refractivity contribution >= 4 is 6.03 Å². The first-order valence-electron chi connectivity index (χ1n) is 8.18. The van der Waals surface area contributed by atoms with Crippen LogP contribution in [0.15, 0.2) is 12.4 Å². The first-order valence-corrected chi connectivity index (χ1v) is 8.18. The van der Waals surface area contributed by atoms with Gasteiger partial charge in [0.05, 0.1) is 18.8 Å². The van der Waals surface area contributed by atoms with Gasteiger partial charge in [-0.3, -0.25) is 0 Å². The third-order valence-corrected chi connectivity index (χ3v) is 4.40. The first kappa shape index (κ1) is 16.8. The highest BCUT2D eigenvalue weighted by Gasteiger charge is 2.32. The van der Waals surface area contributed by atoms with Gasteiger partial charge in [-0.25, -0.2) is 9.78 Å². The first-order chi connectivity index (χ1) is 10.5. The predicted octanol–water partition coefficient (Wildman–Crippen LogP) is 2.18. The van der Waals surface area contributed by atoms with E-state index in [9.17, 15) is 4.79 Å². The molecule has 1 aromatic heterocycles. The Balaban J connectivity index is 1.64. The number of amides is 2. The summed E-state index contributed by atoms with van der Waals surface area (Å²) in [6.07, 6.45) is 6.74. The molecule has 1 saturated heterocycles. The highest BCUT2D eigenvalue weighted by atomic mass is 16.5. The zero-order valence-corrected chi connectivity index (χ0v) is 14.0. The Morgan fingerprint density at radius 1 is 1.50 bits per heavy atom. The Hall–Kier alpha value is -1.56. The molecule has 124 valence electrons. The van der Waals surface area contributed by atoms with Gasteiger partial charge in [0.1, 0.15) is 5.82 Å². The molecule has 0 aromatic carbocycles. The van der Waals surface area contributed by atoms with Crippen molar-refractivity contribution in [2.45, 2.75) is 52.2 Å². The van der Waals surface area contributed by atoms with Gasteiger partial charge in [0.15, 0.2) is 0 Å². The van der Waals surface area contributed by atoms with Crippen LogP contribution >= 0.6 is 0 Å². The molecule has 1 fully saturated rings. The molecular weight excluding hydrogens is 280 g/mol. The van der Waals surface area contributed by atoms with Crippen molar-refractivity contribution in [1.29, 1.82) is 0 Å². The minimum atomic E-state index is -0.200. The maximum atomic E-state index is 12.2. The number of morpholine rings is 1. The van der Waals surface area contributed by atoms with E-state index in [1.165, 1.54) is 0 Å². The summed E-state index contributed by atoms with van der Waals surface area (Å²) in [7, 11) is 0. The fraction of sp³-hybridized carbons (Fsp3) is 0.750. The van der Waals surface area contributed by atoms with Crippen LogP contribution in [0.2, 0.25) is 0 Å². The third kappa shape index (κ3) is 4.47. The second-order valence-corrected chi connectivity index (χ2v) is 6.18. The van der Waals surface area contributed by atoms with Crippen molar-refractivity contribution in [2.24, 2.45) is 0 Å². The van der Waals surface area contributed by atoms with E-state index in [0.29, 0.717) is 26.2 Å². The minimum absolute atomic E-state index is 0.0294. The molecule has 22 heavy (non-hydrogen) atoms. The SMILES string of the molecule is CC[C@]1(C)CN(C(=O)NCCCCn2ccnc2C)CCO1. The Labute approximate surface area is 132 Å². The summed E-state index contributed by atoms with van der Waals surface area (Å²) in [5, 5.41) is 3.02. The van der Waals surface area contributed by atoms with E-state index < -0.39 is 0 Å². The molecule has 1 aliphatic heterocycles. The van der Waals surface area contributed by atoms with Crippen molar-refractivity contribution in [3.63, 3.8) is 0 Å². The summed E-state index contributed by atoms with van der Waals surface area (Å²) >= 11 is 0. The largest absolute Gasteiger partial charge is 0.372 e. The van der Waals surface area contributed by atoms with Gasteiger partial charge in [-0.2, -0.15) is 0 Å². The van der Waals surface area contributed by atoms with Crippen LogP contribution in [-0.2, 0) is 11.3 Å². The van der Waals surface area contributed by atoms with Gasteiger partial charge in [-0.05, 0) is 33.1 Å². The van der Waals surface area contributed by atoms with E-state index in [1.54, 1.807) is 0 Å². The van der Waals surface area contributed by atoms with Crippen molar-refractivity contribution < 1.29 is 9.53 Å². The van der Waals surface area contributed by atoms with Gasteiger partial charge < -0.3 is 19.5 Å². The summed E-state index contributed by atoms with van der Waals surface area (Å²) in [4.78, 5) is 18.3. The number of hydrogen-bond donors (Lipinski definition) is 1. The van der Waals surface area contributed by atoms with Crippen molar-refractivity contribution in [1.82, 2.24) is 19.8 Å². The summed E-state index contributed by atoms with van der Waals surface area (Å²) in [6.45, 7) is 9.81. The zero-order chi connectivity index (χ0) is 16.0. The lowest BCUT2D eigenvalue weighted by Gasteiger charge is -2.39. The number of carbonyl (C=O) groups is 1. The number of aromatic nitrogens is 2. The average Bonchev–Trinajstić information content (AvgIpc) is 2.92. The number of aryl methyl sites for hydroxylation is 2. The van der Waals surface area contributed by atoms with Gasteiger partial charge >= 0.3 is 6.03 Å². The molecule has 0 bridgehead atoms. The van der Waals surface area contributed by atoms with Crippen LogP contribution in [0, 0.1) is 6.92 Å². The number of hydrogen-bond acceptors (Lipinski definition) is 3. The molecule has 6 nitrogen and oxygen atoms in total. The van der Waals surface area contributed by atoms with Crippen molar-refractivity contribution in [3.05, 3.63) is 18.2 Å². The molecule has 1 aliphatic rings. The van der Waals surface area contributed by atoms with Gasteiger partial charge in [-0.15, -0.1) is 0 Å². The summed E-state index contributed by atoms with van der Waals surface area (Å²) in [5.74, 6) is 1.04. The number of ether oxygens (including phenoxy) is 1. The van der Waals surface area contributed by atoms with Gasteiger partial charge in [-0.1, -0.05) is 6.92 Å². The average molecular weight is 308 g/mol. The Kier molecular flexibility index (Phi) is 5.83. The number of unbranched alkanes of at least 4 members (excludes halogenated alkanes) is 1. The number of imidazole rings is 1. The number of nitrogens with zero attached hydrogens (tertiary/aromatic N) is 3. The molecule has 2 amide bonds. The fourth-order valence-corrected chi connectivity index (χ4v) is 2.67. The lowest BCUT2D eigenvalue weighted by molar-refractivity contribution is -0.0872. The minimum Gasteiger partial charge on any atom is -0.372 e. The summed E-state index contributed by atoms with van der Waals surface area (Å²) < 4.78 is 7.90.